The van der Waals surface area contributed by atoms with E-state index in [0.717, 1.165) is 24.6 Å². The second-order valence-electron chi connectivity index (χ2n) is 6.15. The molecule has 0 saturated heterocycles. The molecule has 3 rings (SSSR count). The molecular formula is C16H18ClF3N2OS. The molecule has 1 aliphatic heterocycles. The first kappa shape index (κ1) is 17.7. The second-order valence-corrected chi connectivity index (χ2v) is 7.98. The van der Waals surface area contributed by atoms with E-state index >= 15 is 0 Å². The molecule has 1 aromatic carbocycles. The zero-order valence-corrected chi connectivity index (χ0v) is 14.7. The fourth-order valence-corrected chi connectivity index (χ4v) is 4.39. The van der Waals surface area contributed by atoms with Crippen LogP contribution in [0, 0.1) is 0 Å². The van der Waals surface area contributed by atoms with Crippen molar-refractivity contribution < 1.29 is 18.0 Å². The molecule has 1 fully saturated rings. The summed E-state index contributed by atoms with van der Waals surface area (Å²) in [6.45, 7) is 1.46. The van der Waals surface area contributed by atoms with Crippen LogP contribution in [0.5, 0.6) is 0 Å². The van der Waals surface area contributed by atoms with Crippen molar-refractivity contribution in [2.45, 2.75) is 43.2 Å². The van der Waals surface area contributed by atoms with E-state index < -0.39 is 17.0 Å². The van der Waals surface area contributed by atoms with Crippen molar-refractivity contribution in [3.63, 3.8) is 0 Å². The molecule has 1 aliphatic carbocycles. The third kappa shape index (κ3) is 3.08. The molecule has 2 aliphatic rings. The Hall–Kier alpha value is -1.08. The Morgan fingerprint density at radius 2 is 2.12 bits per heavy atom. The summed E-state index contributed by atoms with van der Waals surface area (Å²) in [6, 6.07) is 3.71. The molecule has 1 saturated carbocycles. The van der Waals surface area contributed by atoms with Crippen LogP contribution in [-0.4, -0.2) is 35.4 Å². The highest BCUT2D eigenvalue weighted by atomic mass is 35.5. The summed E-state index contributed by atoms with van der Waals surface area (Å²) in [5.74, 6) is 0.345. The van der Waals surface area contributed by atoms with Gasteiger partial charge in [-0.25, -0.2) is 4.79 Å². The lowest BCUT2D eigenvalue weighted by molar-refractivity contribution is -0.164. The van der Waals surface area contributed by atoms with Crippen LogP contribution in [0.4, 0.5) is 23.7 Å². The summed E-state index contributed by atoms with van der Waals surface area (Å²) in [5, 5.41) is 2.87. The topological polar surface area (TPSA) is 32.3 Å². The van der Waals surface area contributed by atoms with Gasteiger partial charge in [0.05, 0.1) is 6.54 Å². The first-order chi connectivity index (χ1) is 11.3. The van der Waals surface area contributed by atoms with Gasteiger partial charge < -0.3 is 10.2 Å². The zero-order chi connectivity index (χ0) is 17.5. The Kier molecular flexibility index (Phi) is 4.68. The molecule has 1 aromatic rings. The highest BCUT2D eigenvalue weighted by Crippen LogP contribution is 2.54. The van der Waals surface area contributed by atoms with Crippen molar-refractivity contribution in [1.29, 1.82) is 0 Å². The van der Waals surface area contributed by atoms with Crippen LogP contribution in [0.2, 0.25) is 5.02 Å². The lowest BCUT2D eigenvalue weighted by Gasteiger charge is -2.38. The summed E-state index contributed by atoms with van der Waals surface area (Å²) in [4.78, 5) is 13.8. The number of hydrogen-bond acceptors (Lipinski definition) is 2. The number of fused-ring (bicyclic) bond motifs is 1. The van der Waals surface area contributed by atoms with Crippen LogP contribution in [-0.2, 0) is 4.75 Å². The van der Waals surface area contributed by atoms with E-state index in [4.69, 9.17) is 11.6 Å². The number of urea groups is 1. The lowest BCUT2D eigenvalue weighted by atomic mass is 9.95. The highest BCUT2D eigenvalue weighted by Gasteiger charge is 2.60. The molecule has 0 radical (unpaired) electrons. The number of nitrogens with one attached hydrogen (secondary N) is 1. The van der Waals surface area contributed by atoms with E-state index in [9.17, 15) is 18.0 Å². The van der Waals surface area contributed by atoms with Gasteiger partial charge in [0.1, 0.15) is 0 Å². The number of amides is 2. The van der Waals surface area contributed by atoms with Gasteiger partial charge in [0.15, 0.2) is 4.75 Å². The van der Waals surface area contributed by atoms with Crippen molar-refractivity contribution in [3.8, 4) is 0 Å². The number of halogens is 4. The summed E-state index contributed by atoms with van der Waals surface area (Å²) in [7, 11) is 0. The lowest BCUT2D eigenvalue weighted by Crippen LogP contribution is -2.50. The Bertz CT molecular complexity index is 651. The predicted molar refractivity (Wildman–Crippen MR) is 90.7 cm³/mol. The van der Waals surface area contributed by atoms with Crippen LogP contribution in [0.15, 0.2) is 18.2 Å². The number of carbonyl (C=O) groups excluding carboxylic acids is 1. The molecule has 24 heavy (non-hydrogen) atoms. The number of hydrogen-bond donors (Lipinski definition) is 1. The Labute approximate surface area is 147 Å². The third-order valence-corrected chi connectivity index (χ3v) is 6.23. The van der Waals surface area contributed by atoms with E-state index in [0.29, 0.717) is 12.2 Å². The number of rotatable bonds is 4. The van der Waals surface area contributed by atoms with Crippen LogP contribution >= 0.6 is 23.4 Å². The third-order valence-electron chi connectivity index (χ3n) is 4.31. The molecule has 0 unspecified atom stereocenters. The number of benzene rings is 1. The molecule has 132 valence electrons. The molecule has 1 heterocycles. The van der Waals surface area contributed by atoms with Gasteiger partial charge in [0, 0.05) is 22.3 Å². The molecule has 0 spiro atoms. The Morgan fingerprint density at radius 1 is 1.42 bits per heavy atom. The van der Waals surface area contributed by atoms with Crippen LogP contribution < -0.4 is 5.32 Å². The van der Waals surface area contributed by atoms with Crippen LogP contribution in [0.3, 0.4) is 0 Å². The van der Waals surface area contributed by atoms with Gasteiger partial charge in [0.2, 0.25) is 0 Å². The van der Waals surface area contributed by atoms with Crippen molar-refractivity contribution in [2.75, 3.05) is 17.6 Å². The predicted octanol–water partition coefficient (Wildman–Crippen LogP) is 5.25. The largest absolute Gasteiger partial charge is 0.409 e. The number of thioether (sulfide) groups is 1. The van der Waals surface area contributed by atoms with E-state index in [1.54, 1.807) is 0 Å². The van der Waals surface area contributed by atoms with E-state index in [2.05, 4.69) is 5.32 Å². The molecule has 8 heteroatoms. The van der Waals surface area contributed by atoms with E-state index in [1.807, 2.05) is 6.92 Å². The maximum absolute atomic E-state index is 14.3. The minimum absolute atomic E-state index is 0.0393. The molecule has 1 N–H and O–H groups in total. The van der Waals surface area contributed by atoms with Gasteiger partial charge >= 0.3 is 12.2 Å². The van der Waals surface area contributed by atoms with Crippen molar-refractivity contribution in [3.05, 3.63) is 28.8 Å². The van der Waals surface area contributed by atoms with Crippen molar-refractivity contribution in [1.82, 2.24) is 4.90 Å². The van der Waals surface area contributed by atoms with Gasteiger partial charge in [-0.15, -0.1) is 11.8 Å². The smallest absolute Gasteiger partial charge is 0.319 e. The zero-order valence-electron chi connectivity index (χ0n) is 13.1. The SMILES string of the molecule is CCCS[C@@]1(C(F)(F)F)CN(C2CC2)C(=O)Nc2ccc(Cl)cc21. The fraction of sp³-hybridized carbons (Fsp3) is 0.562. The summed E-state index contributed by atoms with van der Waals surface area (Å²) >= 11 is 6.84. The monoisotopic (exact) mass is 378 g/mol. The van der Waals surface area contributed by atoms with Gasteiger partial charge in [-0.2, -0.15) is 13.2 Å². The van der Waals surface area contributed by atoms with Crippen molar-refractivity contribution >= 4 is 35.1 Å². The number of carbonyl (C=O) groups is 1. The number of nitrogens with zero attached hydrogens (tertiary/aromatic N) is 1. The maximum Gasteiger partial charge on any atom is 0.409 e. The average molecular weight is 379 g/mol. The van der Waals surface area contributed by atoms with Gasteiger partial charge in [-0.1, -0.05) is 18.5 Å². The fourth-order valence-electron chi connectivity index (χ4n) is 2.95. The first-order valence-corrected chi connectivity index (χ1v) is 9.23. The number of anilines is 1. The minimum Gasteiger partial charge on any atom is -0.319 e. The minimum atomic E-state index is -4.51. The summed E-state index contributed by atoms with van der Waals surface area (Å²) < 4.78 is 40.6. The molecule has 3 nitrogen and oxygen atoms in total. The molecular weight excluding hydrogens is 361 g/mol. The molecule has 0 aromatic heterocycles. The van der Waals surface area contributed by atoms with Gasteiger partial charge in [-0.3, -0.25) is 0 Å². The van der Waals surface area contributed by atoms with E-state index in [1.165, 1.54) is 23.1 Å². The Balaban J connectivity index is 2.17. The normalized spacial score (nSPS) is 24.4. The van der Waals surface area contributed by atoms with Crippen LogP contribution in [0.25, 0.3) is 0 Å². The number of alkyl halides is 3. The summed E-state index contributed by atoms with van der Waals surface area (Å²) in [6.07, 6.45) is -2.40. The maximum atomic E-state index is 14.3. The molecule has 1 atom stereocenters. The quantitative estimate of drug-likeness (QED) is 0.776. The van der Waals surface area contributed by atoms with Gasteiger partial charge in [0.25, 0.3) is 0 Å². The van der Waals surface area contributed by atoms with Crippen LogP contribution in [0.1, 0.15) is 31.7 Å². The molecule has 2 amide bonds. The van der Waals surface area contributed by atoms with Gasteiger partial charge in [-0.05, 0) is 43.2 Å². The standard InChI is InChI=1S/C16H18ClF3N2OS/c1-2-7-24-15(16(18,19)20)9-22(11-4-5-11)14(23)21-13-6-3-10(17)8-12(13)15/h3,6,8,11H,2,4-5,7,9H2,1H3,(H,21,23)/t15-/m0/s1. The second kappa shape index (κ2) is 6.33. The van der Waals surface area contributed by atoms with Crippen molar-refractivity contribution in [2.24, 2.45) is 0 Å². The molecule has 0 bridgehead atoms. The highest BCUT2D eigenvalue weighted by molar-refractivity contribution is 8.00. The average Bonchev–Trinajstić information content (AvgIpc) is 3.32. The summed E-state index contributed by atoms with van der Waals surface area (Å²) in [5.41, 5.74) is 0.228. The first-order valence-electron chi connectivity index (χ1n) is 7.87. The Morgan fingerprint density at radius 3 is 2.71 bits per heavy atom. The van der Waals surface area contributed by atoms with E-state index in [-0.39, 0.29) is 28.9 Å².